The number of benzene rings is 2. The summed E-state index contributed by atoms with van der Waals surface area (Å²) < 4.78 is 26.9. The van der Waals surface area contributed by atoms with E-state index in [-0.39, 0.29) is 5.91 Å². The molecule has 0 atom stereocenters. The van der Waals surface area contributed by atoms with E-state index in [2.05, 4.69) is 11.4 Å². The van der Waals surface area contributed by atoms with Crippen molar-refractivity contribution in [3.8, 4) is 6.07 Å². The largest absolute Gasteiger partial charge is 0.352 e. The van der Waals surface area contributed by atoms with Crippen molar-refractivity contribution in [2.45, 2.75) is 43.5 Å². The molecule has 0 bridgehead atoms. The Morgan fingerprint density at radius 1 is 0.966 bits per heavy atom. The molecule has 2 aromatic rings. The van der Waals surface area contributed by atoms with Gasteiger partial charge in [0.15, 0.2) is 0 Å². The Balaban J connectivity index is 1.49. The number of sulfonamides is 1. The van der Waals surface area contributed by atoms with E-state index in [4.69, 9.17) is 5.26 Å². The predicted octanol–water partition coefficient (Wildman–Crippen LogP) is 2.98. The first-order chi connectivity index (χ1) is 14.0. The fourth-order valence-corrected chi connectivity index (χ4v) is 4.84. The van der Waals surface area contributed by atoms with E-state index in [1.54, 1.807) is 40.7 Å². The van der Waals surface area contributed by atoms with Crippen molar-refractivity contribution in [2.24, 2.45) is 0 Å². The highest BCUT2D eigenvalue weighted by molar-refractivity contribution is 7.89. The summed E-state index contributed by atoms with van der Waals surface area (Å²) in [5.41, 5.74) is 2.45. The lowest BCUT2D eigenvalue weighted by Gasteiger charge is -2.25. The van der Waals surface area contributed by atoms with Crippen LogP contribution < -0.4 is 5.32 Å². The van der Waals surface area contributed by atoms with Gasteiger partial charge in [-0.15, -0.1) is 0 Å². The topological polar surface area (TPSA) is 90.3 Å². The first kappa shape index (κ1) is 21.0. The summed E-state index contributed by atoms with van der Waals surface area (Å²) in [5, 5.41) is 11.7. The second-order valence-corrected chi connectivity index (χ2v) is 9.13. The summed E-state index contributed by atoms with van der Waals surface area (Å²) in [6.45, 7) is 1.59. The molecule has 6 nitrogen and oxygen atoms in total. The zero-order valence-electron chi connectivity index (χ0n) is 16.3. The molecule has 0 unspecified atom stereocenters. The number of carbonyl (C=O) groups excluding carboxylic acids is 1. The molecule has 1 fully saturated rings. The number of hydrogen-bond donors (Lipinski definition) is 1. The summed E-state index contributed by atoms with van der Waals surface area (Å²) in [6.07, 6.45) is 3.78. The highest BCUT2D eigenvalue weighted by atomic mass is 32.2. The first-order valence-corrected chi connectivity index (χ1v) is 11.3. The molecule has 1 saturated heterocycles. The lowest BCUT2D eigenvalue weighted by Crippen LogP contribution is -2.35. The van der Waals surface area contributed by atoms with Gasteiger partial charge < -0.3 is 5.32 Å². The molecular formula is C22H25N3O3S. The van der Waals surface area contributed by atoms with E-state index in [1.165, 1.54) is 0 Å². The van der Waals surface area contributed by atoms with Crippen molar-refractivity contribution >= 4 is 15.9 Å². The maximum absolute atomic E-state index is 12.7. The van der Waals surface area contributed by atoms with Crippen LogP contribution in [0.3, 0.4) is 0 Å². The monoisotopic (exact) mass is 411 g/mol. The van der Waals surface area contributed by atoms with Crippen LogP contribution in [0.15, 0.2) is 53.4 Å². The van der Waals surface area contributed by atoms with Crippen molar-refractivity contribution in [2.75, 3.05) is 13.1 Å². The van der Waals surface area contributed by atoms with Gasteiger partial charge in [0.1, 0.15) is 0 Å². The Kier molecular flexibility index (Phi) is 7.02. The number of hydrogen-bond acceptors (Lipinski definition) is 4. The third kappa shape index (κ3) is 5.66. The average molecular weight is 412 g/mol. The summed E-state index contributed by atoms with van der Waals surface area (Å²) >= 11 is 0. The number of aryl methyl sites for hydroxylation is 1. The van der Waals surface area contributed by atoms with Gasteiger partial charge in [0.25, 0.3) is 0 Å². The first-order valence-electron chi connectivity index (χ1n) is 9.84. The summed E-state index contributed by atoms with van der Waals surface area (Å²) in [7, 11) is -3.42. The molecule has 1 aliphatic rings. The third-order valence-corrected chi connectivity index (χ3v) is 7.00. The number of nitrogens with zero attached hydrogens (tertiary/aromatic N) is 2. The van der Waals surface area contributed by atoms with Crippen LogP contribution in [0.4, 0.5) is 0 Å². The third-order valence-electron chi connectivity index (χ3n) is 5.09. The highest BCUT2D eigenvalue weighted by Gasteiger charge is 2.25. The molecule has 2 aromatic carbocycles. The number of nitriles is 1. The van der Waals surface area contributed by atoms with Gasteiger partial charge in [-0.25, -0.2) is 8.42 Å². The van der Waals surface area contributed by atoms with Gasteiger partial charge in [0, 0.05) is 26.1 Å². The summed E-state index contributed by atoms with van der Waals surface area (Å²) in [6, 6.07) is 16.0. The van der Waals surface area contributed by atoms with E-state index in [9.17, 15) is 13.2 Å². The zero-order valence-corrected chi connectivity index (χ0v) is 17.1. The Morgan fingerprint density at radius 3 is 2.21 bits per heavy atom. The van der Waals surface area contributed by atoms with E-state index >= 15 is 0 Å². The lowest BCUT2D eigenvalue weighted by molar-refractivity contribution is -0.121. The Labute approximate surface area is 172 Å². The maximum atomic E-state index is 12.7. The van der Waals surface area contributed by atoms with Crippen LogP contribution in [0.1, 0.15) is 42.4 Å². The maximum Gasteiger partial charge on any atom is 0.243 e. The van der Waals surface area contributed by atoms with Gasteiger partial charge in [-0.2, -0.15) is 9.57 Å². The molecule has 0 saturated carbocycles. The molecular weight excluding hydrogens is 386 g/mol. The minimum absolute atomic E-state index is 0.0700. The second kappa shape index (κ2) is 9.68. The molecule has 0 aliphatic carbocycles. The van der Waals surface area contributed by atoms with Crippen LogP contribution in [0.2, 0.25) is 0 Å². The van der Waals surface area contributed by atoms with Crippen LogP contribution >= 0.6 is 0 Å². The lowest BCUT2D eigenvalue weighted by atomic mass is 10.1. The Morgan fingerprint density at radius 2 is 1.59 bits per heavy atom. The van der Waals surface area contributed by atoms with Crippen molar-refractivity contribution < 1.29 is 13.2 Å². The van der Waals surface area contributed by atoms with Crippen molar-refractivity contribution in [1.29, 1.82) is 5.26 Å². The standard InChI is InChI=1S/C22H25N3O3S/c23-16-19-4-6-20(7-5-19)17-24-22(26)13-10-18-8-11-21(12-9-18)29(27,28)25-14-2-1-3-15-25/h4-9,11-12H,1-3,10,13-15,17H2,(H,24,26). The van der Waals surface area contributed by atoms with Gasteiger partial charge >= 0.3 is 0 Å². The fraction of sp³-hybridized carbons (Fsp3) is 0.364. The zero-order chi connectivity index (χ0) is 20.7. The minimum Gasteiger partial charge on any atom is -0.352 e. The van der Waals surface area contributed by atoms with Gasteiger partial charge in [0.05, 0.1) is 16.5 Å². The molecule has 0 spiro atoms. The van der Waals surface area contributed by atoms with Gasteiger partial charge in [0.2, 0.25) is 15.9 Å². The smallest absolute Gasteiger partial charge is 0.243 e. The number of piperidine rings is 1. The summed E-state index contributed by atoms with van der Waals surface area (Å²) in [4.78, 5) is 12.4. The average Bonchev–Trinajstić information content (AvgIpc) is 2.77. The molecule has 0 radical (unpaired) electrons. The quantitative estimate of drug-likeness (QED) is 0.758. The van der Waals surface area contributed by atoms with Gasteiger partial charge in [-0.05, 0) is 54.7 Å². The fourth-order valence-electron chi connectivity index (χ4n) is 3.33. The molecule has 1 aliphatic heterocycles. The van der Waals surface area contributed by atoms with Gasteiger partial charge in [-0.1, -0.05) is 30.7 Å². The van der Waals surface area contributed by atoms with E-state index in [0.29, 0.717) is 42.9 Å². The van der Waals surface area contributed by atoms with E-state index in [0.717, 1.165) is 30.4 Å². The van der Waals surface area contributed by atoms with Crippen molar-refractivity contribution in [1.82, 2.24) is 9.62 Å². The van der Waals surface area contributed by atoms with Crippen LogP contribution in [0.5, 0.6) is 0 Å². The normalized spacial score (nSPS) is 14.9. The van der Waals surface area contributed by atoms with Gasteiger partial charge in [-0.3, -0.25) is 4.79 Å². The van der Waals surface area contributed by atoms with Crippen molar-refractivity contribution in [3.63, 3.8) is 0 Å². The second-order valence-electron chi connectivity index (χ2n) is 7.19. The van der Waals surface area contributed by atoms with Crippen LogP contribution in [-0.4, -0.2) is 31.7 Å². The predicted molar refractivity (Wildman–Crippen MR) is 110 cm³/mol. The molecule has 29 heavy (non-hydrogen) atoms. The van der Waals surface area contributed by atoms with E-state index in [1.807, 2.05) is 12.1 Å². The Hall–Kier alpha value is -2.69. The molecule has 1 amide bonds. The number of rotatable bonds is 7. The van der Waals surface area contributed by atoms with E-state index < -0.39 is 10.0 Å². The molecule has 1 N–H and O–H groups in total. The molecule has 152 valence electrons. The molecule has 3 rings (SSSR count). The highest BCUT2D eigenvalue weighted by Crippen LogP contribution is 2.21. The van der Waals surface area contributed by atoms with Crippen molar-refractivity contribution in [3.05, 3.63) is 65.2 Å². The molecule has 0 aromatic heterocycles. The summed E-state index contributed by atoms with van der Waals surface area (Å²) in [5.74, 6) is -0.0700. The molecule has 7 heteroatoms. The van der Waals surface area contributed by atoms with Crippen LogP contribution in [0, 0.1) is 11.3 Å². The van der Waals surface area contributed by atoms with Crippen LogP contribution in [0.25, 0.3) is 0 Å². The number of carbonyl (C=O) groups is 1. The SMILES string of the molecule is N#Cc1ccc(CNC(=O)CCc2ccc(S(=O)(=O)N3CCCCC3)cc2)cc1. The number of amides is 1. The Bertz CT molecular complexity index is 971. The minimum atomic E-state index is -3.42. The van der Waals surface area contributed by atoms with Crippen LogP contribution in [-0.2, 0) is 27.8 Å². The number of nitrogens with one attached hydrogen (secondary N) is 1. The molecule has 1 heterocycles.